The molecular formula is C5H6ClN3O. The van der Waals surface area contributed by atoms with E-state index in [9.17, 15) is 0 Å². The van der Waals surface area contributed by atoms with E-state index in [1.807, 2.05) is 0 Å². The van der Waals surface area contributed by atoms with Gasteiger partial charge in [0.25, 0.3) is 5.88 Å². The van der Waals surface area contributed by atoms with Crippen molar-refractivity contribution < 1.29 is 4.74 Å². The summed E-state index contributed by atoms with van der Waals surface area (Å²) in [6, 6.07) is 0. The van der Waals surface area contributed by atoms with Crippen LogP contribution in [0.3, 0.4) is 0 Å². The van der Waals surface area contributed by atoms with Crippen LogP contribution in [0.5, 0.6) is 5.88 Å². The summed E-state index contributed by atoms with van der Waals surface area (Å²) in [7, 11) is 1.46. The predicted octanol–water partition coefficient (Wildman–Crippen LogP) is 0.721. The highest BCUT2D eigenvalue weighted by molar-refractivity contribution is 6.29. The van der Waals surface area contributed by atoms with Crippen LogP contribution >= 0.6 is 11.6 Å². The molecule has 1 aromatic heterocycles. The fourth-order valence-corrected chi connectivity index (χ4v) is 0.637. The number of nitrogen functional groups attached to an aromatic ring is 1. The Bertz CT molecular complexity index is 240. The van der Waals surface area contributed by atoms with Crippen molar-refractivity contribution in [2.45, 2.75) is 0 Å². The van der Waals surface area contributed by atoms with Gasteiger partial charge in [-0.2, -0.15) is 4.98 Å². The molecular weight excluding hydrogens is 154 g/mol. The first-order valence-corrected chi connectivity index (χ1v) is 2.94. The van der Waals surface area contributed by atoms with Crippen LogP contribution in [-0.4, -0.2) is 17.1 Å². The summed E-state index contributed by atoms with van der Waals surface area (Å²) in [4.78, 5) is 7.45. The molecule has 1 heterocycles. The molecule has 0 saturated heterocycles. The molecule has 0 amide bonds. The van der Waals surface area contributed by atoms with Gasteiger partial charge in [-0.1, -0.05) is 11.6 Å². The minimum atomic E-state index is 0.243. The van der Waals surface area contributed by atoms with Gasteiger partial charge in [0.2, 0.25) is 0 Å². The van der Waals surface area contributed by atoms with Crippen LogP contribution in [0.15, 0.2) is 6.20 Å². The van der Waals surface area contributed by atoms with E-state index >= 15 is 0 Å². The van der Waals surface area contributed by atoms with E-state index in [0.29, 0.717) is 0 Å². The van der Waals surface area contributed by atoms with Crippen molar-refractivity contribution in [2.75, 3.05) is 12.8 Å². The lowest BCUT2D eigenvalue weighted by atomic mass is 10.6. The molecule has 54 valence electrons. The summed E-state index contributed by atoms with van der Waals surface area (Å²) in [5.41, 5.74) is 5.34. The van der Waals surface area contributed by atoms with E-state index in [0.717, 1.165) is 0 Å². The van der Waals surface area contributed by atoms with Gasteiger partial charge >= 0.3 is 0 Å². The number of rotatable bonds is 1. The predicted molar refractivity (Wildman–Crippen MR) is 38.0 cm³/mol. The Morgan fingerprint density at radius 1 is 1.70 bits per heavy atom. The number of anilines is 1. The number of nitrogens with zero attached hydrogens (tertiary/aromatic N) is 2. The van der Waals surface area contributed by atoms with Crippen molar-refractivity contribution in [2.24, 2.45) is 0 Å². The number of nitrogens with two attached hydrogens (primary N) is 1. The Labute approximate surface area is 63.0 Å². The Hall–Kier alpha value is -1.03. The highest BCUT2D eigenvalue weighted by Gasteiger charge is 2.00. The molecule has 0 aliphatic rings. The Kier molecular flexibility index (Phi) is 1.91. The van der Waals surface area contributed by atoms with E-state index in [4.69, 9.17) is 22.1 Å². The van der Waals surface area contributed by atoms with Crippen molar-refractivity contribution in [1.29, 1.82) is 0 Å². The number of hydrogen-bond acceptors (Lipinski definition) is 4. The zero-order chi connectivity index (χ0) is 7.56. The Morgan fingerprint density at radius 2 is 2.40 bits per heavy atom. The van der Waals surface area contributed by atoms with Crippen LogP contribution in [0, 0.1) is 0 Å². The van der Waals surface area contributed by atoms with Crippen molar-refractivity contribution in [1.82, 2.24) is 9.97 Å². The standard InChI is InChI=1S/C5H6ClN3O/c1-10-5-4(7)8-2-3(6)9-5/h2H,1H3,(H2,7,8). The maximum atomic E-state index is 5.49. The lowest BCUT2D eigenvalue weighted by molar-refractivity contribution is 0.398. The Morgan fingerprint density at radius 3 is 2.90 bits per heavy atom. The van der Waals surface area contributed by atoms with Gasteiger partial charge in [-0.25, -0.2) is 4.98 Å². The van der Waals surface area contributed by atoms with Gasteiger partial charge in [-0.15, -0.1) is 0 Å². The van der Waals surface area contributed by atoms with Crippen LogP contribution in [-0.2, 0) is 0 Å². The summed E-state index contributed by atoms with van der Waals surface area (Å²) < 4.78 is 4.74. The zero-order valence-electron chi connectivity index (χ0n) is 5.34. The van der Waals surface area contributed by atoms with Gasteiger partial charge in [0.15, 0.2) is 11.0 Å². The molecule has 0 radical (unpaired) electrons. The minimum absolute atomic E-state index is 0.243. The molecule has 0 bridgehead atoms. The fraction of sp³-hybridized carbons (Fsp3) is 0.200. The van der Waals surface area contributed by atoms with Crippen LogP contribution in [0.4, 0.5) is 5.82 Å². The highest BCUT2D eigenvalue weighted by Crippen LogP contribution is 2.16. The summed E-state index contributed by atoms with van der Waals surface area (Å²) >= 11 is 5.49. The van der Waals surface area contributed by atoms with Crippen LogP contribution in [0.25, 0.3) is 0 Å². The molecule has 0 aliphatic carbocycles. The SMILES string of the molecule is COc1nc(Cl)cnc1N. The van der Waals surface area contributed by atoms with E-state index < -0.39 is 0 Å². The molecule has 0 fully saturated rings. The maximum Gasteiger partial charge on any atom is 0.258 e. The van der Waals surface area contributed by atoms with Crippen molar-refractivity contribution in [3.05, 3.63) is 11.3 Å². The number of aromatic nitrogens is 2. The first-order chi connectivity index (χ1) is 4.74. The molecule has 1 rings (SSSR count). The average molecular weight is 160 g/mol. The second-order valence-corrected chi connectivity index (χ2v) is 1.97. The quantitative estimate of drug-likeness (QED) is 0.656. The van der Waals surface area contributed by atoms with Crippen molar-refractivity contribution >= 4 is 17.4 Å². The molecule has 10 heavy (non-hydrogen) atoms. The third-order valence-electron chi connectivity index (χ3n) is 0.931. The van der Waals surface area contributed by atoms with Crippen LogP contribution in [0.2, 0.25) is 5.15 Å². The largest absolute Gasteiger partial charge is 0.478 e. The first kappa shape index (κ1) is 7.08. The second-order valence-electron chi connectivity index (χ2n) is 1.59. The van der Waals surface area contributed by atoms with Gasteiger partial charge < -0.3 is 10.5 Å². The van der Waals surface area contributed by atoms with Gasteiger partial charge in [-0.3, -0.25) is 0 Å². The molecule has 0 spiro atoms. The highest BCUT2D eigenvalue weighted by atomic mass is 35.5. The summed E-state index contributed by atoms with van der Waals surface area (Å²) in [5.74, 6) is 0.499. The molecule has 0 saturated carbocycles. The van der Waals surface area contributed by atoms with Gasteiger partial charge in [0.05, 0.1) is 13.3 Å². The normalized spacial score (nSPS) is 9.40. The average Bonchev–Trinajstić information content (AvgIpc) is 1.94. The number of hydrogen-bond donors (Lipinski definition) is 1. The van der Waals surface area contributed by atoms with Crippen LogP contribution < -0.4 is 10.5 Å². The van der Waals surface area contributed by atoms with Gasteiger partial charge in [-0.05, 0) is 0 Å². The topological polar surface area (TPSA) is 61.0 Å². The smallest absolute Gasteiger partial charge is 0.258 e. The molecule has 0 atom stereocenters. The monoisotopic (exact) mass is 159 g/mol. The van der Waals surface area contributed by atoms with E-state index in [1.165, 1.54) is 13.3 Å². The number of halogens is 1. The second kappa shape index (κ2) is 2.70. The molecule has 0 unspecified atom stereocenters. The number of ether oxygens (including phenoxy) is 1. The molecule has 0 aromatic carbocycles. The maximum absolute atomic E-state index is 5.49. The summed E-state index contributed by atoms with van der Waals surface area (Å²) in [6.07, 6.45) is 1.36. The van der Waals surface area contributed by atoms with E-state index in [2.05, 4.69) is 9.97 Å². The van der Waals surface area contributed by atoms with Crippen molar-refractivity contribution in [3.8, 4) is 5.88 Å². The number of methoxy groups -OCH3 is 1. The van der Waals surface area contributed by atoms with Crippen LogP contribution in [0.1, 0.15) is 0 Å². The molecule has 5 heteroatoms. The zero-order valence-corrected chi connectivity index (χ0v) is 6.09. The van der Waals surface area contributed by atoms with E-state index in [-0.39, 0.29) is 16.9 Å². The third kappa shape index (κ3) is 1.27. The van der Waals surface area contributed by atoms with Gasteiger partial charge in [0, 0.05) is 0 Å². The third-order valence-corrected chi connectivity index (χ3v) is 1.11. The molecule has 1 aromatic rings. The van der Waals surface area contributed by atoms with Crippen molar-refractivity contribution in [3.63, 3.8) is 0 Å². The van der Waals surface area contributed by atoms with E-state index in [1.54, 1.807) is 0 Å². The molecule has 0 aliphatic heterocycles. The fourth-order valence-electron chi connectivity index (χ4n) is 0.511. The summed E-state index contributed by atoms with van der Waals surface area (Å²) in [6.45, 7) is 0. The minimum Gasteiger partial charge on any atom is -0.478 e. The lowest BCUT2D eigenvalue weighted by Crippen LogP contribution is -1.97. The molecule has 4 nitrogen and oxygen atoms in total. The van der Waals surface area contributed by atoms with Gasteiger partial charge in [0.1, 0.15) is 0 Å². The lowest BCUT2D eigenvalue weighted by Gasteiger charge is -1.99. The first-order valence-electron chi connectivity index (χ1n) is 2.56. The summed E-state index contributed by atoms with van der Waals surface area (Å²) in [5, 5.41) is 0.269. The molecule has 2 N–H and O–H groups in total. The Balaban J connectivity index is 3.09.